The van der Waals surface area contributed by atoms with E-state index in [-0.39, 0.29) is 11.9 Å². The lowest BCUT2D eigenvalue weighted by atomic mass is 9.92. The summed E-state index contributed by atoms with van der Waals surface area (Å²) >= 11 is 5.90. The maximum atomic E-state index is 12.5. The highest BCUT2D eigenvalue weighted by Gasteiger charge is 2.25. The number of hydrogen-bond donors (Lipinski definition) is 1. The molecule has 1 amide bonds. The van der Waals surface area contributed by atoms with Crippen molar-refractivity contribution in [2.75, 3.05) is 13.1 Å². The molecule has 1 saturated heterocycles. The number of oxazole rings is 1. The number of hydrogen-bond acceptors (Lipinski definition) is 4. The molecule has 5 nitrogen and oxygen atoms in total. The molecule has 2 unspecified atom stereocenters. The number of carbonyl (C=O) groups excluding carboxylic acids is 1. The van der Waals surface area contributed by atoms with Gasteiger partial charge in [0.1, 0.15) is 0 Å². The Morgan fingerprint density at radius 2 is 2.20 bits per heavy atom. The molecular formula is C19H24ClN3O2. The third kappa shape index (κ3) is 4.61. The first-order valence-electron chi connectivity index (χ1n) is 8.77. The van der Waals surface area contributed by atoms with E-state index in [0.717, 1.165) is 31.5 Å². The van der Waals surface area contributed by atoms with Crippen molar-refractivity contribution in [3.63, 3.8) is 0 Å². The SMILES string of the molecule is CC(N)C1CCCN(C(=O)CCc2ncc(-c3ccc(Cl)cc3)o2)C1. The summed E-state index contributed by atoms with van der Waals surface area (Å²) in [5.41, 5.74) is 6.91. The third-order valence-electron chi connectivity index (χ3n) is 4.79. The molecule has 6 heteroatoms. The molecule has 1 aromatic carbocycles. The van der Waals surface area contributed by atoms with Gasteiger partial charge in [0.05, 0.1) is 6.20 Å². The minimum Gasteiger partial charge on any atom is -0.441 e. The minimum atomic E-state index is 0.129. The molecule has 1 fully saturated rings. The van der Waals surface area contributed by atoms with Gasteiger partial charge in [0.15, 0.2) is 11.7 Å². The van der Waals surface area contributed by atoms with Gasteiger partial charge in [-0.15, -0.1) is 0 Å². The van der Waals surface area contributed by atoms with Gasteiger partial charge < -0.3 is 15.1 Å². The molecule has 1 aliphatic rings. The van der Waals surface area contributed by atoms with Crippen molar-refractivity contribution in [2.45, 2.75) is 38.6 Å². The van der Waals surface area contributed by atoms with Gasteiger partial charge in [0.2, 0.25) is 5.91 Å². The number of nitrogens with two attached hydrogens (primary N) is 1. The maximum Gasteiger partial charge on any atom is 0.223 e. The van der Waals surface area contributed by atoms with Crippen LogP contribution in [-0.2, 0) is 11.2 Å². The Morgan fingerprint density at radius 1 is 1.44 bits per heavy atom. The maximum absolute atomic E-state index is 12.5. The topological polar surface area (TPSA) is 72.4 Å². The van der Waals surface area contributed by atoms with Crippen LogP contribution in [0.3, 0.4) is 0 Å². The zero-order valence-corrected chi connectivity index (χ0v) is 15.2. The highest BCUT2D eigenvalue weighted by molar-refractivity contribution is 6.30. The molecule has 3 rings (SSSR count). The standard InChI is InChI=1S/C19H24ClN3O2/c1-13(21)15-3-2-10-23(12-15)19(24)9-8-18-22-11-17(25-18)14-4-6-16(20)7-5-14/h4-7,11,13,15H,2-3,8-10,12,21H2,1H3. The quantitative estimate of drug-likeness (QED) is 0.884. The monoisotopic (exact) mass is 361 g/mol. The summed E-state index contributed by atoms with van der Waals surface area (Å²) < 4.78 is 5.76. The Balaban J connectivity index is 1.55. The van der Waals surface area contributed by atoms with Crippen LogP contribution in [0.4, 0.5) is 0 Å². The van der Waals surface area contributed by atoms with E-state index in [2.05, 4.69) is 4.98 Å². The lowest BCUT2D eigenvalue weighted by Crippen LogP contribution is -2.45. The number of piperidine rings is 1. The number of rotatable bonds is 5. The molecule has 0 saturated carbocycles. The van der Waals surface area contributed by atoms with Crippen LogP contribution in [-0.4, -0.2) is 34.9 Å². The van der Waals surface area contributed by atoms with Crippen molar-refractivity contribution in [2.24, 2.45) is 11.7 Å². The summed E-state index contributed by atoms with van der Waals surface area (Å²) in [4.78, 5) is 18.7. The van der Waals surface area contributed by atoms with Crippen molar-refractivity contribution >= 4 is 17.5 Å². The van der Waals surface area contributed by atoms with Gasteiger partial charge in [-0.1, -0.05) is 11.6 Å². The first-order chi connectivity index (χ1) is 12.0. The zero-order valence-electron chi connectivity index (χ0n) is 14.5. The molecule has 0 spiro atoms. The Labute approximate surface area is 153 Å². The van der Waals surface area contributed by atoms with Gasteiger partial charge in [0, 0.05) is 42.6 Å². The van der Waals surface area contributed by atoms with E-state index in [0.29, 0.717) is 35.4 Å². The molecular weight excluding hydrogens is 338 g/mol. The number of benzene rings is 1. The smallest absolute Gasteiger partial charge is 0.223 e. The van der Waals surface area contributed by atoms with Crippen LogP contribution in [0, 0.1) is 5.92 Å². The molecule has 1 aromatic heterocycles. The molecule has 2 atom stereocenters. The average Bonchev–Trinajstić information content (AvgIpc) is 3.09. The fourth-order valence-corrected chi connectivity index (χ4v) is 3.34. The van der Waals surface area contributed by atoms with E-state index in [4.69, 9.17) is 21.8 Å². The highest BCUT2D eigenvalue weighted by Crippen LogP contribution is 2.23. The number of aryl methyl sites for hydroxylation is 1. The molecule has 0 aliphatic carbocycles. The first-order valence-corrected chi connectivity index (χ1v) is 9.14. The number of halogens is 1. The fourth-order valence-electron chi connectivity index (χ4n) is 3.21. The molecule has 2 heterocycles. The van der Waals surface area contributed by atoms with Crippen LogP contribution in [0.15, 0.2) is 34.9 Å². The van der Waals surface area contributed by atoms with Gasteiger partial charge in [-0.05, 0) is 49.9 Å². The van der Waals surface area contributed by atoms with Crippen molar-refractivity contribution in [1.29, 1.82) is 0 Å². The van der Waals surface area contributed by atoms with Gasteiger partial charge in [0.25, 0.3) is 0 Å². The number of carbonyl (C=O) groups is 1. The summed E-state index contributed by atoms with van der Waals surface area (Å²) in [6.07, 6.45) is 4.73. The summed E-state index contributed by atoms with van der Waals surface area (Å²) in [5, 5.41) is 0.681. The van der Waals surface area contributed by atoms with Gasteiger partial charge in [-0.2, -0.15) is 0 Å². The predicted octanol–water partition coefficient (Wildman–Crippen LogP) is 3.51. The van der Waals surface area contributed by atoms with Crippen LogP contribution < -0.4 is 5.73 Å². The number of amides is 1. The molecule has 0 bridgehead atoms. The highest BCUT2D eigenvalue weighted by atomic mass is 35.5. The zero-order chi connectivity index (χ0) is 17.8. The molecule has 25 heavy (non-hydrogen) atoms. The van der Waals surface area contributed by atoms with Gasteiger partial charge in [-0.25, -0.2) is 4.98 Å². The van der Waals surface area contributed by atoms with E-state index >= 15 is 0 Å². The van der Waals surface area contributed by atoms with Crippen LogP contribution in [0.25, 0.3) is 11.3 Å². The lowest BCUT2D eigenvalue weighted by Gasteiger charge is -2.34. The van der Waals surface area contributed by atoms with Crippen molar-refractivity contribution < 1.29 is 9.21 Å². The second-order valence-electron chi connectivity index (χ2n) is 6.73. The fraction of sp³-hybridized carbons (Fsp3) is 0.474. The third-order valence-corrected chi connectivity index (χ3v) is 5.04. The van der Waals surface area contributed by atoms with Gasteiger partial charge in [-0.3, -0.25) is 4.79 Å². The van der Waals surface area contributed by atoms with Gasteiger partial charge >= 0.3 is 0 Å². The van der Waals surface area contributed by atoms with Crippen molar-refractivity contribution in [1.82, 2.24) is 9.88 Å². The summed E-state index contributed by atoms with van der Waals surface area (Å²) in [7, 11) is 0. The predicted molar refractivity (Wildman–Crippen MR) is 98.2 cm³/mol. The van der Waals surface area contributed by atoms with E-state index in [1.54, 1.807) is 6.20 Å². The second kappa shape index (κ2) is 8.02. The van der Waals surface area contributed by atoms with E-state index in [1.165, 1.54) is 0 Å². The summed E-state index contributed by atoms with van der Waals surface area (Å²) in [5.74, 6) is 1.82. The van der Waals surface area contributed by atoms with Crippen molar-refractivity contribution in [3.8, 4) is 11.3 Å². The van der Waals surface area contributed by atoms with E-state index in [9.17, 15) is 4.79 Å². The first kappa shape index (κ1) is 18.0. The number of likely N-dealkylation sites (tertiary alicyclic amines) is 1. The van der Waals surface area contributed by atoms with Crippen LogP contribution >= 0.6 is 11.6 Å². The minimum absolute atomic E-state index is 0.129. The van der Waals surface area contributed by atoms with Crippen LogP contribution in [0.1, 0.15) is 32.1 Å². The van der Waals surface area contributed by atoms with Crippen molar-refractivity contribution in [3.05, 3.63) is 41.4 Å². The van der Waals surface area contributed by atoms with Crippen LogP contribution in [0.5, 0.6) is 0 Å². The molecule has 0 radical (unpaired) electrons. The number of nitrogens with zero attached hydrogens (tertiary/aromatic N) is 2. The van der Waals surface area contributed by atoms with E-state index < -0.39 is 0 Å². The Hall–Kier alpha value is -1.85. The van der Waals surface area contributed by atoms with E-state index in [1.807, 2.05) is 36.1 Å². The van der Waals surface area contributed by atoms with Crippen LogP contribution in [0.2, 0.25) is 5.02 Å². The molecule has 134 valence electrons. The number of aromatic nitrogens is 1. The average molecular weight is 362 g/mol. The largest absolute Gasteiger partial charge is 0.441 e. The summed E-state index contributed by atoms with van der Waals surface area (Å²) in [6.45, 7) is 3.60. The Morgan fingerprint density at radius 3 is 2.92 bits per heavy atom. The Bertz CT molecular complexity index is 712. The Kier molecular flexibility index (Phi) is 5.76. The summed E-state index contributed by atoms with van der Waals surface area (Å²) in [6, 6.07) is 7.53. The molecule has 2 aromatic rings. The lowest BCUT2D eigenvalue weighted by molar-refractivity contribution is -0.133. The second-order valence-corrected chi connectivity index (χ2v) is 7.16. The molecule has 1 aliphatic heterocycles. The molecule has 2 N–H and O–H groups in total. The normalized spacial score (nSPS) is 19.0.